The summed E-state index contributed by atoms with van der Waals surface area (Å²) in [6.45, 7) is 4.76. The number of nitriles is 1. The Hall–Kier alpha value is -2.36. The number of rotatable bonds is 6. The molecule has 132 valence electrons. The van der Waals surface area contributed by atoms with Gasteiger partial charge in [0.2, 0.25) is 0 Å². The number of aryl methyl sites for hydroxylation is 1. The maximum absolute atomic E-state index is 10.3. The molecule has 6 nitrogen and oxygen atoms in total. The Labute approximate surface area is 148 Å². The third-order valence-corrected chi connectivity index (χ3v) is 4.54. The number of aliphatic hydroxyl groups is 1. The summed E-state index contributed by atoms with van der Waals surface area (Å²) in [5.74, 6) is 1.09. The van der Waals surface area contributed by atoms with E-state index in [0.717, 1.165) is 37.3 Å². The molecule has 0 amide bonds. The number of ether oxygens (including phenoxy) is 1. The largest absolute Gasteiger partial charge is 0.491 e. The highest BCUT2D eigenvalue weighted by Gasteiger charge is 2.24. The van der Waals surface area contributed by atoms with Gasteiger partial charge in [0, 0.05) is 24.7 Å². The van der Waals surface area contributed by atoms with E-state index < -0.39 is 6.10 Å². The molecular weight excluding hydrogens is 316 g/mol. The van der Waals surface area contributed by atoms with Crippen molar-refractivity contribution < 1.29 is 9.84 Å². The minimum absolute atomic E-state index is 0.245. The number of hydrogen-bond acceptors (Lipinski definition) is 5. The van der Waals surface area contributed by atoms with E-state index in [0.29, 0.717) is 23.8 Å². The van der Waals surface area contributed by atoms with Gasteiger partial charge >= 0.3 is 0 Å². The van der Waals surface area contributed by atoms with Gasteiger partial charge < -0.3 is 9.84 Å². The molecule has 1 aliphatic rings. The van der Waals surface area contributed by atoms with Crippen LogP contribution in [0.5, 0.6) is 5.75 Å². The number of β-amino-alcohol motifs (C(OH)–C–C–N with tert-alkyl or cyclic N) is 1. The molecule has 1 saturated heterocycles. The number of hydrogen-bond donors (Lipinski definition) is 2. The second-order valence-corrected chi connectivity index (χ2v) is 6.68. The summed E-state index contributed by atoms with van der Waals surface area (Å²) >= 11 is 0. The van der Waals surface area contributed by atoms with Gasteiger partial charge in [0.25, 0.3) is 0 Å². The van der Waals surface area contributed by atoms with E-state index in [-0.39, 0.29) is 6.61 Å². The number of nitrogens with one attached hydrogen (secondary N) is 1. The molecule has 1 aromatic carbocycles. The van der Waals surface area contributed by atoms with Crippen molar-refractivity contribution in [2.75, 3.05) is 26.2 Å². The molecule has 1 aliphatic heterocycles. The molecule has 2 atom stereocenters. The maximum atomic E-state index is 10.3. The third kappa shape index (κ3) is 4.81. The maximum Gasteiger partial charge on any atom is 0.119 e. The van der Waals surface area contributed by atoms with Crippen molar-refractivity contribution in [3.8, 4) is 11.8 Å². The van der Waals surface area contributed by atoms with Gasteiger partial charge in [-0.25, -0.2) is 0 Å². The van der Waals surface area contributed by atoms with Crippen LogP contribution in [0.1, 0.15) is 35.7 Å². The minimum Gasteiger partial charge on any atom is -0.491 e. The van der Waals surface area contributed by atoms with Crippen LogP contribution in [0.25, 0.3) is 0 Å². The summed E-state index contributed by atoms with van der Waals surface area (Å²) in [7, 11) is 0. The summed E-state index contributed by atoms with van der Waals surface area (Å²) in [6, 6.07) is 11.1. The van der Waals surface area contributed by atoms with E-state index in [1.54, 1.807) is 24.3 Å². The lowest BCUT2D eigenvalue weighted by molar-refractivity contribution is 0.0581. The van der Waals surface area contributed by atoms with Crippen molar-refractivity contribution in [1.82, 2.24) is 15.1 Å². The first kappa shape index (κ1) is 17.5. The van der Waals surface area contributed by atoms with Gasteiger partial charge in [-0.05, 0) is 56.6 Å². The molecule has 0 aliphatic carbocycles. The van der Waals surface area contributed by atoms with Crippen molar-refractivity contribution in [3.63, 3.8) is 0 Å². The predicted octanol–water partition coefficient (Wildman–Crippen LogP) is 2.21. The first-order valence-corrected chi connectivity index (χ1v) is 8.69. The van der Waals surface area contributed by atoms with Crippen LogP contribution < -0.4 is 4.74 Å². The van der Waals surface area contributed by atoms with Gasteiger partial charge in [-0.1, -0.05) is 0 Å². The first-order chi connectivity index (χ1) is 12.1. The van der Waals surface area contributed by atoms with Crippen molar-refractivity contribution in [3.05, 3.63) is 47.3 Å². The van der Waals surface area contributed by atoms with Crippen LogP contribution in [0.15, 0.2) is 30.3 Å². The Morgan fingerprint density at radius 1 is 1.44 bits per heavy atom. The number of benzene rings is 1. The van der Waals surface area contributed by atoms with E-state index in [1.807, 2.05) is 6.92 Å². The van der Waals surface area contributed by atoms with Gasteiger partial charge in [0.15, 0.2) is 0 Å². The fourth-order valence-corrected chi connectivity index (χ4v) is 3.28. The van der Waals surface area contributed by atoms with Crippen LogP contribution in [0.4, 0.5) is 0 Å². The zero-order chi connectivity index (χ0) is 17.6. The van der Waals surface area contributed by atoms with E-state index in [1.165, 1.54) is 0 Å². The van der Waals surface area contributed by atoms with Gasteiger partial charge in [-0.15, -0.1) is 0 Å². The van der Waals surface area contributed by atoms with E-state index in [4.69, 9.17) is 10.00 Å². The van der Waals surface area contributed by atoms with Crippen LogP contribution in [-0.2, 0) is 0 Å². The highest BCUT2D eigenvalue weighted by molar-refractivity contribution is 5.34. The van der Waals surface area contributed by atoms with Crippen molar-refractivity contribution in [2.45, 2.75) is 31.8 Å². The van der Waals surface area contributed by atoms with Crippen LogP contribution in [0.3, 0.4) is 0 Å². The number of aromatic amines is 1. The van der Waals surface area contributed by atoms with Crippen LogP contribution in [0.2, 0.25) is 0 Å². The molecule has 0 spiro atoms. The Balaban J connectivity index is 1.47. The SMILES string of the molecule is Cc1cc([C@H]2CCCN(C[C@H](O)COc3ccc(C#N)cc3)C2)n[nH]1. The second kappa shape index (κ2) is 8.15. The van der Waals surface area contributed by atoms with E-state index >= 15 is 0 Å². The molecule has 2 heterocycles. The normalized spacial score (nSPS) is 19.3. The number of piperidine rings is 1. The molecule has 2 N–H and O–H groups in total. The average Bonchev–Trinajstić information content (AvgIpc) is 3.07. The molecule has 1 aromatic heterocycles. The zero-order valence-corrected chi connectivity index (χ0v) is 14.5. The lowest BCUT2D eigenvalue weighted by atomic mass is 9.94. The minimum atomic E-state index is -0.546. The highest BCUT2D eigenvalue weighted by atomic mass is 16.5. The van der Waals surface area contributed by atoms with Gasteiger partial charge in [-0.2, -0.15) is 10.4 Å². The summed E-state index contributed by atoms with van der Waals surface area (Å²) < 4.78 is 5.62. The molecule has 0 bridgehead atoms. The molecule has 0 radical (unpaired) electrons. The first-order valence-electron chi connectivity index (χ1n) is 8.69. The van der Waals surface area contributed by atoms with Crippen LogP contribution in [-0.4, -0.2) is 52.5 Å². The summed E-state index contributed by atoms with van der Waals surface area (Å²) in [5, 5.41) is 26.5. The molecular formula is C19H24N4O2. The lowest BCUT2D eigenvalue weighted by Gasteiger charge is -2.33. The average molecular weight is 340 g/mol. The highest BCUT2D eigenvalue weighted by Crippen LogP contribution is 2.26. The topological polar surface area (TPSA) is 85.2 Å². The molecule has 2 aromatic rings. The molecule has 6 heteroatoms. The number of H-pyrrole nitrogens is 1. The smallest absolute Gasteiger partial charge is 0.119 e. The Morgan fingerprint density at radius 3 is 2.92 bits per heavy atom. The standard InChI is InChI=1S/C19H24N4O2/c1-14-9-19(22-21-14)16-3-2-8-23(11-16)12-17(24)13-25-18-6-4-15(10-20)5-7-18/h4-7,9,16-17,24H,2-3,8,11-13H2,1H3,(H,21,22)/t16-,17-/m0/s1. The second-order valence-electron chi connectivity index (χ2n) is 6.68. The number of likely N-dealkylation sites (tertiary alicyclic amines) is 1. The van der Waals surface area contributed by atoms with Gasteiger partial charge in [-0.3, -0.25) is 10.00 Å². The Kier molecular flexibility index (Phi) is 5.69. The Bertz CT molecular complexity index is 720. The fraction of sp³-hybridized carbons (Fsp3) is 0.474. The lowest BCUT2D eigenvalue weighted by Crippen LogP contribution is -2.41. The van der Waals surface area contributed by atoms with E-state index in [9.17, 15) is 5.11 Å². The Morgan fingerprint density at radius 2 is 2.24 bits per heavy atom. The third-order valence-electron chi connectivity index (χ3n) is 4.54. The number of aliphatic hydroxyl groups excluding tert-OH is 1. The summed E-state index contributed by atoms with van der Waals surface area (Å²) in [5.41, 5.74) is 2.80. The predicted molar refractivity (Wildman–Crippen MR) is 94.4 cm³/mol. The van der Waals surface area contributed by atoms with Crippen molar-refractivity contribution in [1.29, 1.82) is 5.26 Å². The molecule has 0 unspecified atom stereocenters. The van der Waals surface area contributed by atoms with Gasteiger partial charge in [0.05, 0.1) is 17.3 Å². The molecule has 25 heavy (non-hydrogen) atoms. The van der Waals surface area contributed by atoms with Crippen LogP contribution in [0, 0.1) is 18.3 Å². The summed E-state index contributed by atoms with van der Waals surface area (Å²) in [4.78, 5) is 2.28. The molecule has 3 rings (SSSR count). The fourth-order valence-electron chi connectivity index (χ4n) is 3.28. The van der Waals surface area contributed by atoms with Gasteiger partial charge in [0.1, 0.15) is 18.5 Å². The van der Waals surface area contributed by atoms with Crippen molar-refractivity contribution in [2.24, 2.45) is 0 Å². The molecule has 0 saturated carbocycles. The quantitative estimate of drug-likeness (QED) is 0.842. The molecule has 1 fully saturated rings. The van der Waals surface area contributed by atoms with E-state index in [2.05, 4.69) is 27.2 Å². The summed E-state index contributed by atoms with van der Waals surface area (Å²) in [6.07, 6.45) is 1.70. The zero-order valence-electron chi connectivity index (χ0n) is 14.5. The number of aromatic nitrogens is 2. The van der Waals surface area contributed by atoms with Crippen molar-refractivity contribution >= 4 is 0 Å². The van der Waals surface area contributed by atoms with Crippen LogP contribution >= 0.6 is 0 Å². The number of nitrogens with zero attached hydrogens (tertiary/aromatic N) is 3. The monoisotopic (exact) mass is 340 g/mol.